The van der Waals surface area contributed by atoms with E-state index < -0.39 is 10.0 Å². The molecule has 0 fully saturated rings. The van der Waals surface area contributed by atoms with E-state index in [2.05, 4.69) is 15.4 Å². The number of sulfonamides is 1. The van der Waals surface area contributed by atoms with Gasteiger partial charge in [0, 0.05) is 22.3 Å². The summed E-state index contributed by atoms with van der Waals surface area (Å²) in [7, 11) is -3.73. The van der Waals surface area contributed by atoms with Crippen LogP contribution in [0, 0.1) is 13.8 Å². The third-order valence-electron chi connectivity index (χ3n) is 4.08. The molecule has 0 unspecified atom stereocenters. The van der Waals surface area contributed by atoms with Crippen molar-refractivity contribution >= 4 is 62.0 Å². The number of nitrogens with one attached hydrogen (secondary N) is 3. The second-order valence-electron chi connectivity index (χ2n) is 6.80. The molecule has 3 rings (SSSR count). The van der Waals surface area contributed by atoms with E-state index in [1.807, 2.05) is 37.4 Å². The van der Waals surface area contributed by atoms with E-state index in [4.69, 9.17) is 12.2 Å². The van der Waals surface area contributed by atoms with Gasteiger partial charge in [-0.3, -0.25) is 14.8 Å². The largest absolute Gasteiger partial charge is 0.332 e. The number of carbonyl (C=O) groups excluding carboxylic acids is 1. The van der Waals surface area contributed by atoms with Crippen LogP contribution in [-0.2, 0) is 14.8 Å². The molecule has 9 heteroatoms. The zero-order valence-electron chi connectivity index (χ0n) is 16.9. The zero-order valence-corrected chi connectivity index (χ0v) is 19.3. The van der Waals surface area contributed by atoms with Gasteiger partial charge >= 0.3 is 0 Å². The van der Waals surface area contributed by atoms with Crippen molar-refractivity contribution in [3.8, 4) is 0 Å². The summed E-state index contributed by atoms with van der Waals surface area (Å²) >= 11 is 6.66. The molecule has 0 atom stereocenters. The second kappa shape index (κ2) is 9.86. The molecule has 0 spiro atoms. The number of hydrogen-bond acceptors (Lipinski definition) is 5. The lowest BCUT2D eigenvalue weighted by molar-refractivity contribution is -0.115. The molecule has 0 aliphatic rings. The third-order valence-corrected chi connectivity index (χ3v) is 6.51. The Morgan fingerprint density at radius 2 is 1.68 bits per heavy atom. The molecule has 0 bridgehead atoms. The molecule has 2 aromatic carbocycles. The molecule has 0 aliphatic carbocycles. The van der Waals surface area contributed by atoms with E-state index in [9.17, 15) is 13.2 Å². The molecule has 160 valence electrons. The Labute approximate surface area is 191 Å². The van der Waals surface area contributed by atoms with E-state index in [1.54, 1.807) is 30.3 Å². The maximum Gasteiger partial charge on any atom is 0.261 e. The Kier molecular flexibility index (Phi) is 7.21. The number of amides is 1. The van der Waals surface area contributed by atoms with Crippen molar-refractivity contribution in [1.82, 2.24) is 5.32 Å². The molecule has 6 nitrogen and oxygen atoms in total. The maximum atomic E-state index is 12.7. The average molecular weight is 472 g/mol. The van der Waals surface area contributed by atoms with Crippen LogP contribution in [0.3, 0.4) is 0 Å². The van der Waals surface area contributed by atoms with Gasteiger partial charge in [0.05, 0.1) is 4.90 Å². The van der Waals surface area contributed by atoms with Crippen LogP contribution in [0.25, 0.3) is 6.08 Å². The highest BCUT2D eigenvalue weighted by Crippen LogP contribution is 2.20. The van der Waals surface area contributed by atoms with Gasteiger partial charge in [0.1, 0.15) is 0 Å². The summed E-state index contributed by atoms with van der Waals surface area (Å²) < 4.78 is 27.9. The highest BCUT2D eigenvalue weighted by atomic mass is 32.2. The molecule has 0 aliphatic heterocycles. The highest BCUT2D eigenvalue weighted by molar-refractivity contribution is 7.92. The standard InChI is InChI=1S/C22H21N3O3S3/c1-15-12-16(2)14-18(13-15)25-31(27,28)20-8-5-17(6-9-20)23-22(29)24-21(26)10-7-19-4-3-11-30-19/h3-14,25H,1-2H3,(H2,23,24,26,29). The summed E-state index contributed by atoms with van der Waals surface area (Å²) in [6.45, 7) is 3.82. The average Bonchev–Trinajstić information content (AvgIpc) is 3.19. The predicted molar refractivity (Wildman–Crippen MR) is 131 cm³/mol. The summed E-state index contributed by atoms with van der Waals surface area (Å²) in [6, 6.07) is 15.4. The molecule has 0 radical (unpaired) electrons. The fourth-order valence-electron chi connectivity index (χ4n) is 2.82. The van der Waals surface area contributed by atoms with Gasteiger partial charge in [-0.2, -0.15) is 0 Å². The van der Waals surface area contributed by atoms with Gasteiger partial charge in [-0.05, 0) is 91.1 Å². The number of thiophene rings is 1. The van der Waals surface area contributed by atoms with Gasteiger partial charge in [0.2, 0.25) is 5.91 Å². The van der Waals surface area contributed by atoms with Crippen LogP contribution in [0.1, 0.15) is 16.0 Å². The minimum atomic E-state index is -3.73. The van der Waals surface area contributed by atoms with Gasteiger partial charge in [-0.15, -0.1) is 11.3 Å². The minimum absolute atomic E-state index is 0.116. The molecule has 1 aromatic heterocycles. The summed E-state index contributed by atoms with van der Waals surface area (Å²) in [5, 5.41) is 7.45. The number of carbonyl (C=O) groups is 1. The first-order chi connectivity index (χ1) is 14.7. The van der Waals surface area contributed by atoms with Crippen molar-refractivity contribution in [2.24, 2.45) is 0 Å². The highest BCUT2D eigenvalue weighted by Gasteiger charge is 2.14. The molecule has 3 N–H and O–H groups in total. The lowest BCUT2D eigenvalue weighted by Crippen LogP contribution is -2.32. The number of rotatable bonds is 6. The van der Waals surface area contributed by atoms with E-state index >= 15 is 0 Å². The van der Waals surface area contributed by atoms with Crippen LogP contribution in [0.4, 0.5) is 11.4 Å². The Morgan fingerprint density at radius 3 is 2.29 bits per heavy atom. The minimum Gasteiger partial charge on any atom is -0.332 e. The monoisotopic (exact) mass is 471 g/mol. The van der Waals surface area contributed by atoms with Crippen molar-refractivity contribution < 1.29 is 13.2 Å². The van der Waals surface area contributed by atoms with Crippen molar-refractivity contribution in [2.75, 3.05) is 10.0 Å². The number of benzene rings is 2. The molecule has 0 saturated heterocycles. The van der Waals surface area contributed by atoms with Crippen LogP contribution in [0.5, 0.6) is 0 Å². The molecular formula is C22H21N3O3S3. The second-order valence-corrected chi connectivity index (χ2v) is 9.87. The Morgan fingerprint density at radius 1 is 1.00 bits per heavy atom. The summed E-state index contributed by atoms with van der Waals surface area (Å²) in [5.74, 6) is -0.359. The number of anilines is 2. The first-order valence-electron chi connectivity index (χ1n) is 9.26. The Bertz CT molecular complexity index is 1200. The molecule has 1 amide bonds. The fourth-order valence-corrected chi connectivity index (χ4v) is 4.70. The van der Waals surface area contributed by atoms with Gasteiger partial charge in [0.25, 0.3) is 10.0 Å². The molecule has 0 saturated carbocycles. The lowest BCUT2D eigenvalue weighted by atomic mass is 10.1. The van der Waals surface area contributed by atoms with Gasteiger partial charge in [-0.1, -0.05) is 12.1 Å². The number of aryl methyl sites for hydroxylation is 2. The van der Waals surface area contributed by atoms with Crippen LogP contribution in [0.15, 0.2) is 70.9 Å². The zero-order chi connectivity index (χ0) is 22.4. The fraction of sp³-hybridized carbons (Fsp3) is 0.0909. The van der Waals surface area contributed by atoms with Crippen molar-refractivity contribution in [2.45, 2.75) is 18.7 Å². The quantitative estimate of drug-likeness (QED) is 0.359. The van der Waals surface area contributed by atoms with Crippen LogP contribution in [0.2, 0.25) is 0 Å². The van der Waals surface area contributed by atoms with Gasteiger partial charge in [0.15, 0.2) is 5.11 Å². The van der Waals surface area contributed by atoms with Crippen LogP contribution >= 0.6 is 23.6 Å². The van der Waals surface area contributed by atoms with E-state index in [-0.39, 0.29) is 15.9 Å². The van der Waals surface area contributed by atoms with E-state index in [0.717, 1.165) is 16.0 Å². The summed E-state index contributed by atoms with van der Waals surface area (Å²) in [4.78, 5) is 13.0. The van der Waals surface area contributed by atoms with Gasteiger partial charge < -0.3 is 5.32 Å². The van der Waals surface area contributed by atoms with Gasteiger partial charge in [-0.25, -0.2) is 8.42 Å². The van der Waals surface area contributed by atoms with Crippen molar-refractivity contribution in [1.29, 1.82) is 0 Å². The topological polar surface area (TPSA) is 87.3 Å². The van der Waals surface area contributed by atoms with Crippen molar-refractivity contribution in [3.63, 3.8) is 0 Å². The molecule has 3 aromatic rings. The third kappa shape index (κ3) is 6.74. The van der Waals surface area contributed by atoms with E-state index in [0.29, 0.717) is 11.4 Å². The first-order valence-corrected chi connectivity index (χ1v) is 12.0. The summed E-state index contributed by atoms with van der Waals surface area (Å²) in [5.41, 5.74) is 3.01. The molecule has 31 heavy (non-hydrogen) atoms. The molecular weight excluding hydrogens is 450 g/mol. The number of hydrogen-bond donors (Lipinski definition) is 3. The van der Waals surface area contributed by atoms with E-state index in [1.165, 1.54) is 29.5 Å². The van der Waals surface area contributed by atoms with Crippen molar-refractivity contribution in [3.05, 3.63) is 82.1 Å². The predicted octanol–water partition coefficient (Wildman–Crippen LogP) is 4.69. The summed E-state index contributed by atoms with van der Waals surface area (Å²) in [6.07, 6.45) is 3.10. The lowest BCUT2D eigenvalue weighted by Gasteiger charge is -2.11. The van der Waals surface area contributed by atoms with Crippen LogP contribution in [-0.4, -0.2) is 19.4 Å². The SMILES string of the molecule is Cc1cc(C)cc(NS(=O)(=O)c2ccc(NC(=S)NC(=O)C=Cc3cccs3)cc2)c1. The number of thiocarbonyl (C=S) groups is 1. The maximum absolute atomic E-state index is 12.7. The Hall–Kier alpha value is -3.01. The molecule has 1 heterocycles. The van der Waals surface area contributed by atoms with Crippen LogP contribution < -0.4 is 15.4 Å². The Balaban J connectivity index is 1.60. The smallest absolute Gasteiger partial charge is 0.261 e. The first kappa shape index (κ1) is 22.7. The normalized spacial score (nSPS) is 11.3.